The summed E-state index contributed by atoms with van der Waals surface area (Å²) in [6.07, 6.45) is 1.61. The number of hydrogen-bond acceptors (Lipinski definition) is 4. The van der Waals surface area contributed by atoms with Crippen molar-refractivity contribution in [2.45, 2.75) is 10.8 Å². The number of rotatable bonds is 4. The summed E-state index contributed by atoms with van der Waals surface area (Å²) in [5, 5.41) is 13.3. The molecule has 0 unspecified atom stereocenters. The molecule has 1 aromatic heterocycles. The summed E-state index contributed by atoms with van der Waals surface area (Å²) in [6, 6.07) is 11.2. The number of oxime groups is 1. The van der Waals surface area contributed by atoms with Gasteiger partial charge < -0.3 is 10.9 Å². The molecule has 0 aliphatic rings. The number of nitrogens with two attached hydrogens (primary N) is 1. The average Bonchev–Trinajstić information content (AvgIpc) is 2.46. The summed E-state index contributed by atoms with van der Waals surface area (Å²) in [5.74, 6) is 0.793. The van der Waals surface area contributed by atoms with Gasteiger partial charge in [0.05, 0.1) is 10.0 Å². The first kappa shape index (κ1) is 13.7. The first-order chi connectivity index (χ1) is 9.20. The maximum Gasteiger partial charge on any atom is 0.170 e. The Morgan fingerprint density at radius 2 is 2.11 bits per heavy atom. The SMILES string of the molecule is NC(=NO)c1ccccc1CSc1ccc(Cl)cn1. The second-order valence-electron chi connectivity index (χ2n) is 3.75. The van der Waals surface area contributed by atoms with Crippen molar-refractivity contribution in [1.82, 2.24) is 4.98 Å². The van der Waals surface area contributed by atoms with Crippen molar-refractivity contribution in [3.05, 3.63) is 58.7 Å². The minimum absolute atomic E-state index is 0.111. The van der Waals surface area contributed by atoms with Gasteiger partial charge in [-0.15, -0.1) is 11.8 Å². The van der Waals surface area contributed by atoms with Crippen LogP contribution in [0.15, 0.2) is 52.8 Å². The Morgan fingerprint density at radius 1 is 1.32 bits per heavy atom. The molecule has 98 valence electrons. The van der Waals surface area contributed by atoms with E-state index in [-0.39, 0.29) is 5.84 Å². The van der Waals surface area contributed by atoms with E-state index in [2.05, 4.69) is 10.1 Å². The normalized spacial score (nSPS) is 11.5. The first-order valence-corrected chi connectivity index (χ1v) is 6.87. The van der Waals surface area contributed by atoms with Gasteiger partial charge in [-0.1, -0.05) is 41.0 Å². The van der Waals surface area contributed by atoms with E-state index in [0.717, 1.165) is 16.2 Å². The van der Waals surface area contributed by atoms with E-state index in [0.29, 0.717) is 10.8 Å². The number of hydrogen-bond donors (Lipinski definition) is 2. The zero-order valence-electron chi connectivity index (χ0n) is 9.95. The fraction of sp³-hybridized carbons (Fsp3) is 0.0769. The molecule has 0 saturated carbocycles. The van der Waals surface area contributed by atoms with Crippen LogP contribution >= 0.6 is 23.4 Å². The van der Waals surface area contributed by atoms with Gasteiger partial charge in [0.1, 0.15) is 0 Å². The molecule has 0 fully saturated rings. The maximum absolute atomic E-state index is 8.76. The molecule has 0 saturated heterocycles. The molecule has 0 atom stereocenters. The lowest BCUT2D eigenvalue weighted by Gasteiger charge is -2.07. The fourth-order valence-corrected chi connectivity index (χ4v) is 2.51. The average molecular weight is 294 g/mol. The molecule has 0 spiro atoms. The highest BCUT2D eigenvalue weighted by Gasteiger charge is 2.07. The van der Waals surface area contributed by atoms with Crippen LogP contribution in [0.3, 0.4) is 0 Å². The fourth-order valence-electron chi connectivity index (χ4n) is 1.55. The Balaban J connectivity index is 2.13. The van der Waals surface area contributed by atoms with Crippen LogP contribution in [0.4, 0.5) is 0 Å². The Morgan fingerprint density at radius 3 is 2.79 bits per heavy atom. The molecule has 4 nitrogen and oxygen atoms in total. The highest BCUT2D eigenvalue weighted by Crippen LogP contribution is 2.23. The minimum atomic E-state index is 0.111. The van der Waals surface area contributed by atoms with Gasteiger partial charge in [0.2, 0.25) is 0 Å². The Labute approximate surface area is 120 Å². The Hall–Kier alpha value is -1.72. The van der Waals surface area contributed by atoms with E-state index < -0.39 is 0 Å². The third-order valence-corrected chi connectivity index (χ3v) is 3.69. The Kier molecular flexibility index (Phi) is 4.65. The van der Waals surface area contributed by atoms with E-state index in [1.165, 1.54) is 0 Å². The van der Waals surface area contributed by atoms with Crippen molar-refractivity contribution < 1.29 is 5.21 Å². The molecule has 19 heavy (non-hydrogen) atoms. The molecule has 0 amide bonds. The van der Waals surface area contributed by atoms with E-state index in [1.807, 2.05) is 30.3 Å². The number of aromatic nitrogens is 1. The maximum atomic E-state index is 8.76. The van der Waals surface area contributed by atoms with Crippen LogP contribution in [0.25, 0.3) is 0 Å². The highest BCUT2D eigenvalue weighted by molar-refractivity contribution is 7.98. The van der Waals surface area contributed by atoms with Crippen LogP contribution in [0.2, 0.25) is 5.02 Å². The van der Waals surface area contributed by atoms with Gasteiger partial charge in [0.25, 0.3) is 0 Å². The lowest BCUT2D eigenvalue weighted by molar-refractivity contribution is 0.318. The molecular weight excluding hydrogens is 282 g/mol. The number of amidine groups is 1. The summed E-state index contributed by atoms with van der Waals surface area (Å²) in [5.41, 5.74) is 7.36. The van der Waals surface area contributed by atoms with Crippen molar-refractivity contribution >= 4 is 29.2 Å². The van der Waals surface area contributed by atoms with Crippen LogP contribution in [0, 0.1) is 0 Å². The number of nitrogens with zero attached hydrogens (tertiary/aromatic N) is 2. The third kappa shape index (κ3) is 3.62. The lowest BCUT2D eigenvalue weighted by Crippen LogP contribution is -2.15. The Bertz CT molecular complexity index is 587. The lowest BCUT2D eigenvalue weighted by atomic mass is 10.1. The van der Waals surface area contributed by atoms with E-state index in [4.69, 9.17) is 22.5 Å². The molecule has 0 radical (unpaired) electrons. The molecule has 0 bridgehead atoms. The predicted octanol–water partition coefficient (Wildman–Crippen LogP) is 3.12. The molecule has 3 N–H and O–H groups in total. The molecule has 0 aliphatic carbocycles. The zero-order valence-corrected chi connectivity index (χ0v) is 11.5. The van der Waals surface area contributed by atoms with Crippen molar-refractivity contribution in [3.63, 3.8) is 0 Å². The quantitative estimate of drug-likeness (QED) is 0.299. The van der Waals surface area contributed by atoms with Gasteiger partial charge in [-0.05, 0) is 17.7 Å². The van der Waals surface area contributed by atoms with Crippen LogP contribution in [0.5, 0.6) is 0 Å². The largest absolute Gasteiger partial charge is 0.409 e. The van der Waals surface area contributed by atoms with Crippen molar-refractivity contribution in [3.8, 4) is 0 Å². The van der Waals surface area contributed by atoms with Crippen LogP contribution in [-0.4, -0.2) is 16.0 Å². The van der Waals surface area contributed by atoms with E-state index in [9.17, 15) is 0 Å². The molecule has 0 aliphatic heterocycles. The summed E-state index contributed by atoms with van der Waals surface area (Å²) < 4.78 is 0. The van der Waals surface area contributed by atoms with Crippen molar-refractivity contribution in [2.75, 3.05) is 0 Å². The van der Waals surface area contributed by atoms with Gasteiger partial charge in [0, 0.05) is 17.5 Å². The van der Waals surface area contributed by atoms with Gasteiger partial charge in [-0.3, -0.25) is 0 Å². The monoisotopic (exact) mass is 293 g/mol. The van der Waals surface area contributed by atoms with E-state index >= 15 is 0 Å². The topological polar surface area (TPSA) is 71.5 Å². The molecule has 1 heterocycles. The summed E-state index contributed by atoms with van der Waals surface area (Å²) >= 11 is 7.34. The molecular formula is C13H12ClN3OS. The first-order valence-electron chi connectivity index (χ1n) is 5.51. The zero-order chi connectivity index (χ0) is 13.7. The second-order valence-corrected chi connectivity index (χ2v) is 5.18. The minimum Gasteiger partial charge on any atom is -0.409 e. The second kappa shape index (κ2) is 6.45. The summed E-state index contributed by atoms with van der Waals surface area (Å²) in [6.45, 7) is 0. The third-order valence-electron chi connectivity index (χ3n) is 2.48. The number of benzene rings is 1. The summed E-state index contributed by atoms with van der Waals surface area (Å²) in [7, 11) is 0. The van der Waals surface area contributed by atoms with Gasteiger partial charge in [-0.2, -0.15) is 0 Å². The number of pyridine rings is 1. The molecule has 1 aromatic carbocycles. The van der Waals surface area contributed by atoms with Crippen molar-refractivity contribution in [2.24, 2.45) is 10.9 Å². The number of thioether (sulfide) groups is 1. The molecule has 6 heteroatoms. The van der Waals surface area contributed by atoms with Crippen molar-refractivity contribution in [1.29, 1.82) is 0 Å². The van der Waals surface area contributed by atoms with Crippen LogP contribution < -0.4 is 5.73 Å². The standard InChI is InChI=1S/C13H12ClN3OS/c14-10-5-6-12(16-7-10)19-8-9-3-1-2-4-11(9)13(15)17-18/h1-7,18H,8H2,(H2,15,17). The van der Waals surface area contributed by atoms with Gasteiger partial charge in [0.15, 0.2) is 5.84 Å². The van der Waals surface area contributed by atoms with Crippen LogP contribution in [0.1, 0.15) is 11.1 Å². The molecule has 2 aromatic rings. The van der Waals surface area contributed by atoms with E-state index in [1.54, 1.807) is 24.0 Å². The summed E-state index contributed by atoms with van der Waals surface area (Å²) in [4.78, 5) is 4.21. The molecule has 2 rings (SSSR count). The predicted molar refractivity (Wildman–Crippen MR) is 77.8 cm³/mol. The highest BCUT2D eigenvalue weighted by atomic mass is 35.5. The smallest absolute Gasteiger partial charge is 0.170 e. The van der Waals surface area contributed by atoms with Crippen LogP contribution in [-0.2, 0) is 5.75 Å². The number of halogens is 1. The van der Waals surface area contributed by atoms with Gasteiger partial charge >= 0.3 is 0 Å². The van der Waals surface area contributed by atoms with Gasteiger partial charge in [-0.25, -0.2) is 4.98 Å².